The summed E-state index contributed by atoms with van der Waals surface area (Å²) in [6.45, 7) is 11.5. The number of rotatable bonds is 2. The van der Waals surface area contributed by atoms with Gasteiger partial charge >= 0.3 is 0 Å². The Kier molecular flexibility index (Phi) is 3.83. The predicted molar refractivity (Wildman–Crippen MR) is 68.5 cm³/mol. The summed E-state index contributed by atoms with van der Waals surface area (Å²) in [6.07, 6.45) is 0. The first-order valence-electron chi connectivity index (χ1n) is 5.58. The van der Waals surface area contributed by atoms with E-state index in [9.17, 15) is 0 Å². The molecule has 0 aliphatic rings. The van der Waals surface area contributed by atoms with Gasteiger partial charge in [-0.1, -0.05) is 58.4 Å². The molecule has 1 unspecified atom stereocenters. The monoisotopic (exact) mass is 224 g/mol. The summed E-state index contributed by atoms with van der Waals surface area (Å²) in [5.74, 6) is 1.22. The highest BCUT2D eigenvalue weighted by Crippen LogP contribution is 2.40. The highest BCUT2D eigenvalue weighted by molar-refractivity contribution is 6.30. The van der Waals surface area contributed by atoms with Crippen molar-refractivity contribution < 1.29 is 0 Å². The smallest absolute Gasteiger partial charge is 0.0406 e. The predicted octanol–water partition coefficient (Wildman–Crippen LogP) is 5.13. The van der Waals surface area contributed by atoms with E-state index in [0.29, 0.717) is 17.3 Å². The molecule has 1 rings (SSSR count). The van der Waals surface area contributed by atoms with Crippen molar-refractivity contribution in [2.24, 2.45) is 11.3 Å². The van der Waals surface area contributed by atoms with Crippen LogP contribution in [0.2, 0.25) is 5.02 Å². The summed E-state index contributed by atoms with van der Waals surface area (Å²) in [6, 6.07) is 8.27. The van der Waals surface area contributed by atoms with Crippen LogP contribution in [0.4, 0.5) is 0 Å². The summed E-state index contributed by atoms with van der Waals surface area (Å²) in [7, 11) is 0. The lowest BCUT2D eigenvalue weighted by atomic mass is 9.71. The molecule has 1 atom stereocenters. The fraction of sp³-hybridized carbons (Fsp3) is 0.571. The summed E-state index contributed by atoms with van der Waals surface area (Å²) < 4.78 is 0. The number of hydrogen-bond acceptors (Lipinski definition) is 0. The van der Waals surface area contributed by atoms with Gasteiger partial charge in [0.2, 0.25) is 0 Å². The third-order valence-corrected chi connectivity index (χ3v) is 3.08. The molecule has 0 fully saturated rings. The van der Waals surface area contributed by atoms with E-state index in [1.165, 1.54) is 5.56 Å². The van der Waals surface area contributed by atoms with Crippen LogP contribution >= 0.6 is 11.6 Å². The lowest BCUT2D eigenvalue weighted by Crippen LogP contribution is -2.23. The molecule has 0 aromatic heterocycles. The molecule has 84 valence electrons. The molecule has 0 spiro atoms. The van der Waals surface area contributed by atoms with Crippen LogP contribution in [0.15, 0.2) is 24.3 Å². The molecule has 0 saturated heterocycles. The van der Waals surface area contributed by atoms with Crippen LogP contribution in [0.25, 0.3) is 0 Å². The minimum atomic E-state index is 0.294. The Balaban J connectivity index is 3.05. The maximum Gasteiger partial charge on any atom is 0.0406 e. The quantitative estimate of drug-likeness (QED) is 0.654. The Labute approximate surface area is 98.7 Å². The van der Waals surface area contributed by atoms with Gasteiger partial charge in [-0.2, -0.15) is 0 Å². The van der Waals surface area contributed by atoms with Crippen molar-refractivity contribution in [2.45, 2.75) is 40.5 Å². The van der Waals surface area contributed by atoms with Gasteiger partial charge in [0, 0.05) is 5.02 Å². The molecular weight excluding hydrogens is 204 g/mol. The van der Waals surface area contributed by atoms with Crippen LogP contribution in [0.3, 0.4) is 0 Å². The van der Waals surface area contributed by atoms with Crippen LogP contribution in [0.5, 0.6) is 0 Å². The van der Waals surface area contributed by atoms with Crippen LogP contribution in [0, 0.1) is 11.3 Å². The van der Waals surface area contributed by atoms with Gasteiger partial charge in [0.15, 0.2) is 0 Å². The minimum absolute atomic E-state index is 0.294. The van der Waals surface area contributed by atoms with Gasteiger partial charge in [-0.25, -0.2) is 0 Å². The second-order valence-corrected chi connectivity index (χ2v) is 6.08. The normalized spacial score (nSPS) is 14.3. The van der Waals surface area contributed by atoms with Gasteiger partial charge in [-0.15, -0.1) is 0 Å². The summed E-state index contributed by atoms with van der Waals surface area (Å²) in [5.41, 5.74) is 1.68. The van der Waals surface area contributed by atoms with E-state index in [1.807, 2.05) is 12.1 Å². The zero-order chi connectivity index (χ0) is 11.6. The topological polar surface area (TPSA) is 0 Å². The molecule has 0 amide bonds. The first-order chi connectivity index (χ1) is 6.82. The summed E-state index contributed by atoms with van der Waals surface area (Å²) >= 11 is 5.91. The number of benzene rings is 1. The van der Waals surface area contributed by atoms with E-state index < -0.39 is 0 Å². The molecule has 0 nitrogen and oxygen atoms in total. The van der Waals surface area contributed by atoms with Crippen molar-refractivity contribution in [3.8, 4) is 0 Å². The van der Waals surface area contributed by atoms with Crippen molar-refractivity contribution in [3.63, 3.8) is 0 Å². The lowest BCUT2D eigenvalue weighted by molar-refractivity contribution is 0.258. The summed E-state index contributed by atoms with van der Waals surface area (Å²) in [4.78, 5) is 0. The fourth-order valence-electron chi connectivity index (χ4n) is 2.56. The Hall–Kier alpha value is -0.490. The second-order valence-electron chi connectivity index (χ2n) is 5.64. The van der Waals surface area contributed by atoms with Crippen LogP contribution in [-0.2, 0) is 0 Å². The molecule has 15 heavy (non-hydrogen) atoms. The standard InChI is InChI=1S/C14H21Cl/c1-10(2)13(14(3,4)5)11-6-8-12(15)9-7-11/h6-10,13H,1-5H3. The molecule has 0 aliphatic carbocycles. The van der Waals surface area contributed by atoms with Gasteiger partial charge in [0.25, 0.3) is 0 Å². The SMILES string of the molecule is CC(C)C(c1ccc(Cl)cc1)C(C)(C)C. The van der Waals surface area contributed by atoms with Crippen LogP contribution in [0.1, 0.15) is 46.1 Å². The summed E-state index contributed by atoms with van der Waals surface area (Å²) in [5, 5.41) is 0.815. The van der Waals surface area contributed by atoms with Gasteiger partial charge in [0.05, 0.1) is 0 Å². The first-order valence-corrected chi connectivity index (χ1v) is 5.95. The van der Waals surface area contributed by atoms with Crippen molar-refractivity contribution in [1.82, 2.24) is 0 Å². The molecule has 0 N–H and O–H groups in total. The number of halogens is 1. The minimum Gasteiger partial charge on any atom is -0.0843 e. The Morgan fingerprint density at radius 1 is 1.00 bits per heavy atom. The molecular formula is C14H21Cl. The van der Waals surface area contributed by atoms with Gasteiger partial charge in [-0.3, -0.25) is 0 Å². The first kappa shape index (κ1) is 12.6. The van der Waals surface area contributed by atoms with E-state index >= 15 is 0 Å². The van der Waals surface area contributed by atoms with E-state index in [1.54, 1.807) is 0 Å². The van der Waals surface area contributed by atoms with Gasteiger partial charge < -0.3 is 0 Å². The Bertz CT molecular complexity index is 303. The third kappa shape index (κ3) is 3.24. The van der Waals surface area contributed by atoms with Crippen molar-refractivity contribution in [2.75, 3.05) is 0 Å². The highest BCUT2D eigenvalue weighted by atomic mass is 35.5. The van der Waals surface area contributed by atoms with Gasteiger partial charge in [0.1, 0.15) is 0 Å². The second kappa shape index (κ2) is 4.57. The average molecular weight is 225 g/mol. The highest BCUT2D eigenvalue weighted by Gasteiger charge is 2.28. The van der Waals surface area contributed by atoms with Crippen molar-refractivity contribution >= 4 is 11.6 Å². The maximum atomic E-state index is 5.91. The molecule has 0 aliphatic heterocycles. The van der Waals surface area contributed by atoms with Crippen LogP contribution in [-0.4, -0.2) is 0 Å². The van der Waals surface area contributed by atoms with E-state index in [-0.39, 0.29) is 0 Å². The fourth-order valence-corrected chi connectivity index (χ4v) is 2.68. The third-order valence-electron chi connectivity index (χ3n) is 2.83. The average Bonchev–Trinajstić information content (AvgIpc) is 2.05. The molecule has 0 heterocycles. The van der Waals surface area contributed by atoms with E-state index in [2.05, 4.69) is 46.8 Å². The van der Waals surface area contributed by atoms with Crippen molar-refractivity contribution in [3.05, 3.63) is 34.9 Å². The Morgan fingerprint density at radius 3 is 1.80 bits per heavy atom. The number of hydrogen-bond donors (Lipinski definition) is 0. The molecule has 0 bridgehead atoms. The lowest BCUT2D eigenvalue weighted by Gasteiger charge is -2.34. The van der Waals surface area contributed by atoms with E-state index in [0.717, 1.165) is 5.02 Å². The van der Waals surface area contributed by atoms with E-state index in [4.69, 9.17) is 11.6 Å². The largest absolute Gasteiger partial charge is 0.0843 e. The van der Waals surface area contributed by atoms with Crippen molar-refractivity contribution in [1.29, 1.82) is 0 Å². The Morgan fingerprint density at radius 2 is 1.47 bits per heavy atom. The molecule has 0 radical (unpaired) electrons. The maximum absolute atomic E-state index is 5.91. The molecule has 1 aromatic rings. The molecule has 1 heteroatoms. The van der Waals surface area contributed by atoms with Gasteiger partial charge in [-0.05, 0) is 34.9 Å². The van der Waals surface area contributed by atoms with Crippen LogP contribution < -0.4 is 0 Å². The zero-order valence-corrected chi connectivity index (χ0v) is 11.1. The molecule has 0 saturated carbocycles. The zero-order valence-electron chi connectivity index (χ0n) is 10.3. The molecule has 1 aromatic carbocycles.